The molecule has 4 aromatic rings. The SMILES string of the molecule is O=C(O)c1ccccc1C(=O)N1Cc2[nH]cnc2C[C@H]1c1nc(-c2ccc(C(F)(F)F)cc2)no1. The Morgan fingerprint density at radius 1 is 1.09 bits per heavy atom. The molecular weight excluding hydrogens is 467 g/mol. The van der Waals surface area contributed by atoms with Crippen LogP contribution in [0.25, 0.3) is 11.4 Å². The molecule has 0 fully saturated rings. The Bertz CT molecular complexity index is 1410. The number of carbonyl (C=O) groups excluding carboxylic acids is 1. The Balaban J connectivity index is 1.50. The number of hydrogen-bond acceptors (Lipinski definition) is 6. The molecule has 1 aliphatic rings. The highest BCUT2D eigenvalue weighted by molar-refractivity contribution is 6.04. The number of fused-ring (bicyclic) bond motifs is 1. The van der Waals surface area contributed by atoms with Crippen LogP contribution in [0.2, 0.25) is 0 Å². The number of imidazole rings is 1. The van der Waals surface area contributed by atoms with Gasteiger partial charge in [0, 0.05) is 12.0 Å². The molecule has 9 nitrogen and oxygen atoms in total. The molecule has 12 heteroatoms. The lowest BCUT2D eigenvalue weighted by atomic mass is 9.99. The van der Waals surface area contributed by atoms with Gasteiger partial charge in [0.05, 0.1) is 41.0 Å². The lowest BCUT2D eigenvalue weighted by Crippen LogP contribution is -2.39. The first kappa shape index (κ1) is 22.3. The van der Waals surface area contributed by atoms with Crippen molar-refractivity contribution in [2.24, 2.45) is 0 Å². The Morgan fingerprint density at radius 2 is 1.80 bits per heavy atom. The monoisotopic (exact) mass is 483 g/mol. The maximum atomic E-state index is 13.5. The number of nitrogens with zero attached hydrogens (tertiary/aromatic N) is 4. The number of halogens is 3. The van der Waals surface area contributed by atoms with Crippen LogP contribution >= 0.6 is 0 Å². The molecule has 1 atom stereocenters. The first-order valence-corrected chi connectivity index (χ1v) is 10.4. The predicted octanol–water partition coefficient (Wildman–Crippen LogP) is 4.12. The Kier molecular flexibility index (Phi) is 5.35. The summed E-state index contributed by atoms with van der Waals surface area (Å²) < 4.78 is 44.0. The molecule has 2 aromatic heterocycles. The predicted molar refractivity (Wildman–Crippen MR) is 113 cm³/mol. The van der Waals surface area contributed by atoms with Crippen molar-refractivity contribution in [3.63, 3.8) is 0 Å². The number of nitrogens with one attached hydrogen (secondary N) is 1. The summed E-state index contributed by atoms with van der Waals surface area (Å²) in [5, 5.41) is 13.4. The number of carbonyl (C=O) groups is 2. The third kappa shape index (κ3) is 4.14. The number of benzene rings is 2. The number of carboxylic acid groups (broad SMARTS) is 1. The van der Waals surface area contributed by atoms with E-state index in [1.54, 1.807) is 6.07 Å². The van der Waals surface area contributed by atoms with Crippen molar-refractivity contribution in [3.8, 4) is 11.4 Å². The molecule has 0 spiro atoms. The van der Waals surface area contributed by atoms with Crippen molar-refractivity contribution in [1.29, 1.82) is 0 Å². The van der Waals surface area contributed by atoms with Crippen LogP contribution in [0.15, 0.2) is 59.4 Å². The Hall–Kier alpha value is -4.48. The summed E-state index contributed by atoms with van der Waals surface area (Å²) in [4.78, 5) is 38.1. The third-order valence-electron chi connectivity index (χ3n) is 5.74. The second kappa shape index (κ2) is 8.38. The minimum absolute atomic E-state index is 0.00422. The van der Waals surface area contributed by atoms with Gasteiger partial charge in [0.1, 0.15) is 6.04 Å². The Labute approximate surface area is 195 Å². The molecule has 2 N–H and O–H groups in total. The smallest absolute Gasteiger partial charge is 0.416 e. The molecule has 0 radical (unpaired) electrons. The number of alkyl halides is 3. The number of H-pyrrole nitrogens is 1. The summed E-state index contributed by atoms with van der Waals surface area (Å²) in [6, 6.07) is 9.38. The van der Waals surface area contributed by atoms with Crippen molar-refractivity contribution in [1.82, 2.24) is 25.0 Å². The number of aromatic nitrogens is 4. The van der Waals surface area contributed by atoms with E-state index in [0.29, 0.717) is 17.0 Å². The summed E-state index contributed by atoms with van der Waals surface area (Å²) in [5.41, 5.74) is 0.707. The molecule has 0 bridgehead atoms. The summed E-state index contributed by atoms with van der Waals surface area (Å²) in [5.74, 6) is -1.69. The minimum atomic E-state index is -4.47. The van der Waals surface area contributed by atoms with Crippen molar-refractivity contribution in [2.75, 3.05) is 0 Å². The lowest BCUT2D eigenvalue weighted by molar-refractivity contribution is -0.137. The van der Waals surface area contributed by atoms with Gasteiger partial charge in [0.25, 0.3) is 5.91 Å². The van der Waals surface area contributed by atoms with Gasteiger partial charge in [-0.25, -0.2) is 9.78 Å². The zero-order valence-corrected chi connectivity index (χ0v) is 17.8. The topological polar surface area (TPSA) is 125 Å². The fourth-order valence-electron chi connectivity index (χ4n) is 3.98. The van der Waals surface area contributed by atoms with Gasteiger partial charge in [-0.05, 0) is 24.3 Å². The zero-order chi connectivity index (χ0) is 24.7. The van der Waals surface area contributed by atoms with E-state index in [-0.39, 0.29) is 35.8 Å². The first-order chi connectivity index (χ1) is 16.7. The lowest BCUT2D eigenvalue weighted by Gasteiger charge is -2.33. The highest BCUT2D eigenvalue weighted by Crippen LogP contribution is 2.34. The van der Waals surface area contributed by atoms with Gasteiger partial charge in [-0.1, -0.05) is 29.4 Å². The van der Waals surface area contributed by atoms with Crippen LogP contribution in [0.1, 0.15) is 49.6 Å². The number of amides is 1. The molecule has 2 aromatic carbocycles. The zero-order valence-electron chi connectivity index (χ0n) is 17.8. The molecule has 1 amide bonds. The van der Waals surface area contributed by atoms with Crippen LogP contribution in [0.4, 0.5) is 13.2 Å². The normalized spacial score (nSPS) is 15.6. The van der Waals surface area contributed by atoms with Gasteiger partial charge in [0.2, 0.25) is 11.7 Å². The minimum Gasteiger partial charge on any atom is -0.478 e. The molecule has 0 saturated carbocycles. The average Bonchev–Trinajstić information content (AvgIpc) is 3.51. The van der Waals surface area contributed by atoms with Crippen LogP contribution in [0.3, 0.4) is 0 Å². The van der Waals surface area contributed by atoms with Crippen LogP contribution < -0.4 is 0 Å². The highest BCUT2D eigenvalue weighted by atomic mass is 19.4. The van der Waals surface area contributed by atoms with E-state index < -0.39 is 29.7 Å². The van der Waals surface area contributed by atoms with Gasteiger partial charge in [-0.3, -0.25) is 4.79 Å². The third-order valence-corrected chi connectivity index (χ3v) is 5.74. The standard InChI is InChI=1S/C23H16F3N5O4/c24-23(25,26)13-7-5-12(6-8-13)19-29-20(35-30-19)18-9-16-17(28-11-27-16)10-31(18)21(32)14-3-1-2-4-15(14)22(33)34/h1-8,11,18H,9-10H2,(H,27,28)(H,33,34)/t18-/m0/s1. The van der Waals surface area contributed by atoms with Crippen LogP contribution in [-0.4, -0.2) is 42.0 Å². The van der Waals surface area contributed by atoms with Crippen LogP contribution in [0, 0.1) is 0 Å². The van der Waals surface area contributed by atoms with Crippen molar-refractivity contribution >= 4 is 11.9 Å². The van der Waals surface area contributed by atoms with Crippen LogP contribution in [0.5, 0.6) is 0 Å². The molecule has 178 valence electrons. The average molecular weight is 483 g/mol. The number of aromatic amines is 1. The van der Waals surface area contributed by atoms with Crippen molar-refractivity contribution < 1.29 is 32.4 Å². The summed E-state index contributed by atoms with van der Waals surface area (Å²) >= 11 is 0. The van der Waals surface area contributed by atoms with E-state index in [9.17, 15) is 27.9 Å². The number of carboxylic acids is 1. The van der Waals surface area contributed by atoms with E-state index in [1.807, 2.05) is 0 Å². The summed E-state index contributed by atoms with van der Waals surface area (Å²) in [6.07, 6.45) is -2.77. The molecule has 0 saturated heterocycles. The molecule has 35 heavy (non-hydrogen) atoms. The number of hydrogen-bond donors (Lipinski definition) is 2. The molecular formula is C23H16F3N5O4. The number of aromatic carboxylic acids is 1. The van der Waals surface area contributed by atoms with E-state index in [2.05, 4.69) is 20.1 Å². The van der Waals surface area contributed by atoms with E-state index in [1.165, 1.54) is 41.6 Å². The summed E-state index contributed by atoms with van der Waals surface area (Å²) in [6.45, 7) is 0.0881. The quantitative estimate of drug-likeness (QED) is 0.447. The largest absolute Gasteiger partial charge is 0.478 e. The van der Waals surface area contributed by atoms with E-state index in [0.717, 1.165) is 12.1 Å². The van der Waals surface area contributed by atoms with Crippen molar-refractivity contribution in [3.05, 3.63) is 88.8 Å². The molecule has 0 aliphatic carbocycles. The first-order valence-electron chi connectivity index (χ1n) is 10.4. The fraction of sp³-hybridized carbons (Fsp3) is 0.174. The molecule has 0 unspecified atom stereocenters. The fourth-order valence-corrected chi connectivity index (χ4v) is 3.98. The van der Waals surface area contributed by atoms with Gasteiger partial charge < -0.3 is 19.5 Å². The maximum Gasteiger partial charge on any atom is 0.416 e. The Morgan fingerprint density at radius 3 is 2.49 bits per heavy atom. The second-order valence-electron chi connectivity index (χ2n) is 7.86. The van der Waals surface area contributed by atoms with Gasteiger partial charge in [0.15, 0.2) is 0 Å². The maximum absolute atomic E-state index is 13.5. The summed E-state index contributed by atoms with van der Waals surface area (Å²) in [7, 11) is 0. The molecule has 1 aliphatic heterocycles. The van der Waals surface area contributed by atoms with Gasteiger partial charge in [-0.15, -0.1) is 0 Å². The molecule has 5 rings (SSSR count). The molecule has 3 heterocycles. The van der Waals surface area contributed by atoms with E-state index >= 15 is 0 Å². The van der Waals surface area contributed by atoms with Gasteiger partial charge >= 0.3 is 12.1 Å². The van der Waals surface area contributed by atoms with E-state index in [4.69, 9.17) is 4.52 Å². The van der Waals surface area contributed by atoms with Crippen molar-refractivity contribution in [2.45, 2.75) is 25.2 Å². The second-order valence-corrected chi connectivity index (χ2v) is 7.86. The van der Waals surface area contributed by atoms with Crippen LogP contribution in [-0.2, 0) is 19.1 Å². The van der Waals surface area contributed by atoms with Gasteiger partial charge in [-0.2, -0.15) is 18.2 Å². The number of rotatable bonds is 4. The highest BCUT2D eigenvalue weighted by Gasteiger charge is 2.37.